The number of aliphatic carboxylic acids is 1. The molecule has 3 rings (SSSR count). The number of carboxylic acids is 1. The lowest BCUT2D eigenvalue weighted by molar-refractivity contribution is -0.136. The fraction of sp³-hybridized carbons (Fsp3) is 0.125. The Kier molecular flexibility index (Phi) is 3.62. The highest BCUT2D eigenvalue weighted by atomic mass is 35.5. The van der Waals surface area contributed by atoms with Gasteiger partial charge < -0.3 is 10.1 Å². The van der Waals surface area contributed by atoms with Gasteiger partial charge in [0, 0.05) is 18.0 Å². The number of pyridine rings is 1. The molecule has 1 aromatic carbocycles. The minimum absolute atomic E-state index is 0.0688. The first-order valence-corrected chi connectivity index (χ1v) is 6.97. The number of carbonyl (C=O) groups is 1. The monoisotopic (exact) mass is 300 g/mol. The highest BCUT2D eigenvalue weighted by Gasteiger charge is 2.16. The number of fused-ring (bicyclic) bond motifs is 1. The molecule has 106 valence electrons. The molecule has 21 heavy (non-hydrogen) atoms. The van der Waals surface area contributed by atoms with Crippen LogP contribution < -0.4 is 0 Å². The standard InChI is InChI=1S/C16H13ClN2O2/c17-12-5-3-4-10-11(7-8-14(20)21)16(19-15(10)12)13-6-1-2-9-18-13/h1-6,9,19H,7-8H2,(H,20,21). The van der Waals surface area contributed by atoms with E-state index < -0.39 is 5.97 Å². The molecule has 0 unspecified atom stereocenters. The van der Waals surface area contributed by atoms with E-state index in [0.29, 0.717) is 11.4 Å². The average Bonchev–Trinajstić information content (AvgIpc) is 2.86. The van der Waals surface area contributed by atoms with Crippen LogP contribution in [0.5, 0.6) is 0 Å². The fourth-order valence-corrected chi connectivity index (χ4v) is 2.68. The molecule has 2 N–H and O–H groups in total. The van der Waals surface area contributed by atoms with Gasteiger partial charge in [-0.3, -0.25) is 9.78 Å². The summed E-state index contributed by atoms with van der Waals surface area (Å²) in [5, 5.41) is 10.5. The number of aromatic nitrogens is 2. The number of hydrogen-bond donors (Lipinski definition) is 2. The van der Waals surface area contributed by atoms with Crippen LogP contribution in [0, 0.1) is 0 Å². The van der Waals surface area contributed by atoms with E-state index in [0.717, 1.165) is 27.9 Å². The first kappa shape index (κ1) is 13.6. The molecule has 3 aromatic rings. The summed E-state index contributed by atoms with van der Waals surface area (Å²) in [4.78, 5) is 18.5. The van der Waals surface area contributed by atoms with E-state index in [2.05, 4.69) is 9.97 Å². The molecule has 0 bridgehead atoms. The maximum absolute atomic E-state index is 10.9. The number of H-pyrrole nitrogens is 1. The molecule has 5 heteroatoms. The highest BCUT2D eigenvalue weighted by molar-refractivity contribution is 6.35. The van der Waals surface area contributed by atoms with Gasteiger partial charge in [-0.05, 0) is 30.2 Å². The Morgan fingerprint density at radius 1 is 1.24 bits per heavy atom. The van der Waals surface area contributed by atoms with E-state index in [-0.39, 0.29) is 6.42 Å². The summed E-state index contributed by atoms with van der Waals surface area (Å²) in [6.45, 7) is 0. The summed E-state index contributed by atoms with van der Waals surface area (Å²) < 4.78 is 0. The van der Waals surface area contributed by atoms with Crippen molar-refractivity contribution < 1.29 is 9.90 Å². The zero-order chi connectivity index (χ0) is 14.8. The Bertz CT molecular complexity index is 797. The molecule has 0 amide bonds. The van der Waals surface area contributed by atoms with Crippen LogP contribution in [-0.2, 0) is 11.2 Å². The van der Waals surface area contributed by atoms with Crippen LogP contribution in [0.1, 0.15) is 12.0 Å². The number of hydrogen-bond acceptors (Lipinski definition) is 2. The lowest BCUT2D eigenvalue weighted by Gasteiger charge is -2.03. The number of aromatic amines is 1. The lowest BCUT2D eigenvalue weighted by atomic mass is 10.0. The largest absolute Gasteiger partial charge is 0.481 e. The molecule has 0 spiro atoms. The smallest absolute Gasteiger partial charge is 0.303 e. The predicted molar refractivity (Wildman–Crippen MR) is 82.5 cm³/mol. The number of rotatable bonds is 4. The van der Waals surface area contributed by atoms with Crippen molar-refractivity contribution in [2.24, 2.45) is 0 Å². The maximum Gasteiger partial charge on any atom is 0.303 e. The normalized spacial score (nSPS) is 10.9. The molecule has 0 fully saturated rings. The van der Waals surface area contributed by atoms with Gasteiger partial charge in [0.2, 0.25) is 0 Å². The van der Waals surface area contributed by atoms with Crippen molar-refractivity contribution in [3.63, 3.8) is 0 Å². The van der Waals surface area contributed by atoms with Crippen molar-refractivity contribution >= 4 is 28.5 Å². The van der Waals surface area contributed by atoms with Crippen molar-refractivity contribution in [1.29, 1.82) is 0 Å². The van der Waals surface area contributed by atoms with E-state index in [1.165, 1.54) is 0 Å². The topological polar surface area (TPSA) is 66.0 Å². The van der Waals surface area contributed by atoms with Gasteiger partial charge in [0.25, 0.3) is 0 Å². The molecule has 0 saturated carbocycles. The van der Waals surface area contributed by atoms with Crippen LogP contribution in [0.25, 0.3) is 22.3 Å². The zero-order valence-corrected chi connectivity index (χ0v) is 11.9. The van der Waals surface area contributed by atoms with E-state index >= 15 is 0 Å². The Morgan fingerprint density at radius 3 is 2.81 bits per heavy atom. The van der Waals surface area contributed by atoms with Gasteiger partial charge in [0.15, 0.2) is 0 Å². The second kappa shape index (κ2) is 5.58. The molecule has 4 nitrogen and oxygen atoms in total. The van der Waals surface area contributed by atoms with Crippen LogP contribution in [0.4, 0.5) is 0 Å². The number of benzene rings is 1. The fourth-order valence-electron chi connectivity index (χ4n) is 2.46. The van der Waals surface area contributed by atoms with E-state index in [9.17, 15) is 4.79 Å². The van der Waals surface area contributed by atoms with Crippen LogP contribution in [0.3, 0.4) is 0 Å². The van der Waals surface area contributed by atoms with Crippen molar-refractivity contribution in [2.75, 3.05) is 0 Å². The maximum atomic E-state index is 10.9. The molecule has 0 radical (unpaired) electrons. The Balaban J connectivity index is 2.20. The van der Waals surface area contributed by atoms with Gasteiger partial charge in [-0.1, -0.05) is 29.8 Å². The molecule has 0 aliphatic carbocycles. The molecule has 2 heterocycles. The number of para-hydroxylation sites is 1. The molecule has 0 saturated heterocycles. The van der Waals surface area contributed by atoms with Crippen molar-refractivity contribution in [3.05, 3.63) is 53.2 Å². The SMILES string of the molecule is O=C(O)CCc1c(-c2ccccn2)[nH]c2c(Cl)cccc12. The van der Waals surface area contributed by atoms with Gasteiger partial charge in [0.1, 0.15) is 0 Å². The van der Waals surface area contributed by atoms with E-state index in [4.69, 9.17) is 16.7 Å². The van der Waals surface area contributed by atoms with Gasteiger partial charge in [-0.2, -0.15) is 0 Å². The summed E-state index contributed by atoms with van der Waals surface area (Å²) in [6.07, 6.45) is 2.21. The van der Waals surface area contributed by atoms with Crippen molar-refractivity contribution in [2.45, 2.75) is 12.8 Å². The molecule has 0 aliphatic rings. The van der Waals surface area contributed by atoms with Gasteiger partial charge >= 0.3 is 5.97 Å². The van der Waals surface area contributed by atoms with Crippen LogP contribution in [-0.4, -0.2) is 21.0 Å². The van der Waals surface area contributed by atoms with Crippen molar-refractivity contribution in [1.82, 2.24) is 9.97 Å². The minimum Gasteiger partial charge on any atom is -0.481 e. The number of nitrogens with zero attached hydrogens (tertiary/aromatic N) is 1. The first-order valence-electron chi connectivity index (χ1n) is 6.59. The Labute approximate surface area is 126 Å². The first-order chi connectivity index (χ1) is 10.2. The highest BCUT2D eigenvalue weighted by Crippen LogP contribution is 2.33. The third kappa shape index (κ3) is 2.62. The quantitative estimate of drug-likeness (QED) is 0.768. The Morgan fingerprint density at radius 2 is 2.10 bits per heavy atom. The Hall–Kier alpha value is -2.33. The molecule has 0 aliphatic heterocycles. The summed E-state index contributed by atoms with van der Waals surface area (Å²) >= 11 is 6.22. The number of nitrogens with one attached hydrogen (secondary N) is 1. The van der Waals surface area contributed by atoms with Gasteiger partial charge in [-0.25, -0.2) is 0 Å². The second-order valence-electron chi connectivity index (χ2n) is 4.75. The summed E-state index contributed by atoms with van der Waals surface area (Å²) in [6, 6.07) is 11.3. The third-order valence-corrected chi connectivity index (χ3v) is 3.72. The van der Waals surface area contributed by atoms with E-state index in [1.807, 2.05) is 36.4 Å². The molecular formula is C16H13ClN2O2. The number of carboxylic acid groups (broad SMARTS) is 1. The van der Waals surface area contributed by atoms with Crippen LogP contribution in [0.2, 0.25) is 5.02 Å². The number of aryl methyl sites for hydroxylation is 1. The van der Waals surface area contributed by atoms with Crippen LogP contribution >= 0.6 is 11.6 Å². The molecule has 2 aromatic heterocycles. The van der Waals surface area contributed by atoms with Crippen molar-refractivity contribution in [3.8, 4) is 11.4 Å². The number of halogens is 1. The predicted octanol–water partition coefficient (Wildman–Crippen LogP) is 3.90. The summed E-state index contributed by atoms with van der Waals surface area (Å²) in [7, 11) is 0. The summed E-state index contributed by atoms with van der Waals surface area (Å²) in [5.74, 6) is -0.821. The second-order valence-corrected chi connectivity index (χ2v) is 5.16. The summed E-state index contributed by atoms with van der Waals surface area (Å²) in [5.41, 5.74) is 3.37. The van der Waals surface area contributed by atoms with Gasteiger partial charge in [0.05, 0.1) is 21.9 Å². The van der Waals surface area contributed by atoms with Crippen LogP contribution in [0.15, 0.2) is 42.6 Å². The average molecular weight is 301 g/mol. The third-order valence-electron chi connectivity index (χ3n) is 3.40. The lowest BCUT2D eigenvalue weighted by Crippen LogP contribution is -1.98. The van der Waals surface area contributed by atoms with Gasteiger partial charge in [-0.15, -0.1) is 0 Å². The minimum atomic E-state index is -0.821. The molecule has 0 atom stereocenters. The zero-order valence-electron chi connectivity index (χ0n) is 11.1. The van der Waals surface area contributed by atoms with E-state index in [1.54, 1.807) is 6.20 Å². The molecular weight excluding hydrogens is 288 g/mol.